The number of halogens is 1. The second-order valence-electron chi connectivity index (χ2n) is 5.37. The fourth-order valence-electron chi connectivity index (χ4n) is 2.62. The van der Waals surface area contributed by atoms with Gasteiger partial charge >= 0.3 is 0 Å². The molecule has 0 spiro atoms. The molecular formula is C16H26FNO. The van der Waals surface area contributed by atoms with Crippen molar-refractivity contribution >= 4 is 0 Å². The molecule has 0 bridgehead atoms. The van der Waals surface area contributed by atoms with Gasteiger partial charge in [0, 0.05) is 17.5 Å². The Morgan fingerprint density at radius 2 is 1.95 bits per heavy atom. The molecule has 0 aliphatic carbocycles. The zero-order chi connectivity index (χ0) is 14.4. The van der Waals surface area contributed by atoms with Crippen LogP contribution in [0.3, 0.4) is 0 Å². The second-order valence-corrected chi connectivity index (χ2v) is 5.37. The molecule has 0 saturated carbocycles. The molecule has 0 saturated heterocycles. The van der Waals surface area contributed by atoms with E-state index in [-0.39, 0.29) is 17.8 Å². The van der Waals surface area contributed by atoms with E-state index in [1.807, 2.05) is 6.07 Å². The SMILES string of the molecule is CCCNC(C(C)C)C(C)c1c(F)cccc1OC. The molecule has 3 heteroatoms. The van der Waals surface area contributed by atoms with Gasteiger partial charge in [-0.3, -0.25) is 0 Å². The van der Waals surface area contributed by atoms with Crippen molar-refractivity contribution in [3.05, 3.63) is 29.6 Å². The highest BCUT2D eigenvalue weighted by Gasteiger charge is 2.26. The maximum Gasteiger partial charge on any atom is 0.130 e. The van der Waals surface area contributed by atoms with E-state index in [2.05, 4.69) is 33.0 Å². The summed E-state index contributed by atoms with van der Waals surface area (Å²) in [6, 6.07) is 5.26. The molecule has 108 valence electrons. The van der Waals surface area contributed by atoms with Crippen molar-refractivity contribution in [2.45, 2.75) is 46.1 Å². The van der Waals surface area contributed by atoms with Gasteiger partial charge in [-0.25, -0.2) is 4.39 Å². The van der Waals surface area contributed by atoms with Crippen molar-refractivity contribution in [2.24, 2.45) is 5.92 Å². The Labute approximate surface area is 116 Å². The van der Waals surface area contributed by atoms with Crippen LogP contribution in [0, 0.1) is 11.7 Å². The summed E-state index contributed by atoms with van der Waals surface area (Å²) in [5, 5.41) is 3.52. The van der Waals surface area contributed by atoms with Crippen molar-refractivity contribution in [3.63, 3.8) is 0 Å². The van der Waals surface area contributed by atoms with Crippen LogP contribution in [-0.4, -0.2) is 19.7 Å². The summed E-state index contributed by atoms with van der Waals surface area (Å²) in [5.74, 6) is 0.959. The van der Waals surface area contributed by atoms with Crippen LogP contribution < -0.4 is 10.1 Å². The minimum absolute atomic E-state index is 0.0719. The van der Waals surface area contributed by atoms with Crippen LogP contribution in [0.4, 0.5) is 4.39 Å². The Hall–Kier alpha value is -1.09. The maximum absolute atomic E-state index is 14.1. The zero-order valence-electron chi connectivity index (χ0n) is 12.7. The molecule has 1 aromatic rings. The molecule has 0 aliphatic rings. The van der Waals surface area contributed by atoms with Crippen molar-refractivity contribution in [2.75, 3.05) is 13.7 Å². The Bertz CT molecular complexity index is 392. The average Bonchev–Trinajstić information content (AvgIpc) is 2.38. The van der Waals surface area contributed by atoms with Gasteiger partial charge in [0.2, 0.25) is 0 Å². The van der Waals surface area contributed by atoms with E-state index in [9.17, 15) is 4.39 Å². The largest absolute Gasteiger partial charge is 0.496 e. The molecule has 0 aromatic heterocycles. The van der Waals surface area contributed by atoms with E-state index in [4.69, 9.17) is 4.74 Å². The van der Waals surface area contributed by atoms with Crippen LogP contribution in [-0.2, 0) is 0 Å². The number of hydrogen-bond donors (Lipinski definition) is 1. The molecule has 2 unspecified atom stereocenters. The van der Waals surface area contributed by atoms with Crippen LogP contribution in [0.15, 0.2) is 18.2 Å². The highest BCUT2D eigenvalue weighted by atomic mass is 19.1. The third kappa shape index (κ3) is 3.93. The topological polar surface area (TPSA) is 21.3 Å². The van der Waals surface area contributed by atoms with Crippen LogP contribution >= 0.6 is 0 Å². The summed E-state index contributed by atoms with van der Waals surface area (Å²) in [6.07, 6.45) is 1.07. The summed E-state index contributed by atoms with van der Waals surface area (Å²) in [6.45, 7) is 9.48. The number of ether oxygens (including phenoxy) is 1. The van der Waals surface area contributed by atoms with Crippen LogP contribution in [0.5, 0.6) is 5.75 Å². The van der Waals surface area contributed by atoms with Gasteiger partial charge in [0.15, 0.2) is 0 Å². The standard InChI is InChI=1S/C16H26FNO/c1-6-10-18-16(11(2)3)12(4)15-13(17)8-7-9-14(15)19-5/h7-9,11-12,16,18H,6,10H2,1-5H3. The second kappa shape index (κ2) is 7.49. The van der Waals surface area contributed by atoms with E-state index in [0.717, 1.165) is 13.0 Å². The number of hydrogen-bond acceptors (Lipinski definition) is 2. The molecule has 0 heterocycles. The molecule has 1 rings (SSSR count). The molecule has 0 radical (unpaired) electrons. The molecule has 0 fully saturated rings. The fraction of sp³-hybridized carbons (Fsp3) is 0.625. The van der Waals surface area contributed by atoms with Crippen molar-refractivity contribution < 1.29 is 9.13 Å². The van der Waals surface area contributed by atoms with Crippen LogP contribution in [0.1, 0.15) is 45.6 Å². The van der Waals surface area contributed by atoms with Gasteiger partial charge in [0.05, 0.1) is 7.11 Å². The first-order valence-electron chi connectivity index (χ1n) is 7.08. The van der Waals surface area contributed by atoms with Gasteiger partial charge in [0.1, 0.15) is 11.6 Å². The molecule has 1 aromatic carbocycles. The van der Waals surface area contributed by atoms with Crippen molar-refractivity contribution in [1.29, 1.82) is 0 Å². The number of nitrogens with one attached hydrogen (secondary N) is 1. The normalized spacial score (nSPS) is 14.5. The van der Waals surface area contributed by atoms with Crippen molar-refractivity contribution in [1.82, 2.24) is 5.32 Å². The summed E-state index contributed by atoms with van der Waals surface area (Å²) >= 11 is 0. The maximum atomic E-state index is 14.1. The van der Waals surface area contributed by atoms with E-state index >= 15 is 0 Å². The smallest absolute Gasteiger partial charge is 0.130 e. The van der Waals surface area contributed by atoms with E-state index in [1.165, 1.54) is 6.07 Å². The lowest BCUT2D eigenvalue weighted by molar-refractivity contribution is 0.334. The highest BCUT2D eigenvalue weighted by Crippen LogP contribution is 2.33. The molecule has 0 aliphatic heterocycles. The first-order valence-corrected chi connectivity index (χ1v) is 7.08. The molecule has 19 heavy (non-hydrogen) atoms. The van der Waals surface area contributed by atoms with E-state index in [1.54, 1.807) is 13.2 Å². The summed E-state index contributed by atoms with van der Waals surface area (Å²) in [5.41, 5.74) is 0.673. The first-order chi connectivity index (χ1) is 9.02. The Morgan fingerprint density at radius 3 is 2.47 bits per heavy atom. The van der Waals surface area contributed by atoms with Gasteiger partial charge < -0.3 is 10.1 Å². The van der Waals surface area contributed by atoms with Crippen LogP contribution in [0.2, 0.25) is 0 Å². The fourth-order valence-corrected chi connectivity index (χ4v) is 2.62. The van der Waals surface area contributed by atoms with Gasteiger partial charge in [-0.2, -0.15) is 0 Å². The first kappa shape index (κ1) is 16.0. The zero-order valence-corrected chi connectivity index (χ0v) is 12.7. The van der Waals surface area contributed by atoms with Gasteiger partial charge in [-0.05, 0) is 31.0 Å². The molecule has 2 nitrogen and oxygen atoms in total. The lowest BCUT2D eigenvalue weighted by Crippen LogP contribution is -2.39. The quantitative estimate of drug-likeness (QED) is 0.807. The minimum Gasteiger partial charge on any atom is -0.496 e. The lowest BCUT2D eigenvalue weighted by Gasteiger charge is -2.30. The number of benzene rings is 1. The van der Waals surface area contributed by atoms with Crippen molar-refractivity contribution in [3.8, 4) is 5.75 Å². The Balaban J connectivity index is 3.05. The van der Waals surface area contributed by atoms with E-state index in [0.29, 0.717) is 17.2 Å². The number of methoxy groups -OCH3 is 1. The van der Waals surface area contributed by atoms with E-state index < -0.39 is 0 Å². The Morgan fingerprint density at radius 1 is 1.26 bits per heavy atom. The van der Waals surface area contributed by atoms with Crippen LogP contribution in [0.25, 0.3) is 0 Å². The minimum atomic E-state index is -0.184. The Kier molecular flexibility index (Phi) is 6.29. The predicted octanol–water partition coefficient (Wildman–Crippen LogP) is 3.96. The lowest BCUT2D eigenvalue weighted by atomic mass is 9.85. The van der Waals surface area contributed by atoms with Gasteiger partial charge in [0.25, 0.3) is 0 Å². The molecule has 2 atom stereocenters. The third-order valence-corrected chi connectivity index (χ3v) is 3.58. The predicted molar refractivity (Wildman–Crippen MR) is 78.3 cm³/mol. The monoisotopic (exact) mass is 267 g/mol. The number of rotatable bonds is 7. The van der Waals surface area contributed by atoms with Gasteiger partial charge in [-0.15, -0.1) is 0 Å². The van der Waals surface area contributed by atoms with Gasteiger partial charge in [-0.1, -0.05) is 33.8 Å². The summed E-state index contributed by atoms with van der Waals surface area (Å²) < 4.78 is 19.4. The average molecular weight is 267 g/mol. The molecule has 0 amide bonds. The summed E-state index contributed by atoms with van der Waals surface area (Å²) in [4.78, 5) is 0. The highest BCUT2D eigenvalue weighted by molar-refractivity contribution is 5.38. The summed E-state index contributed by atoms with van der Waals surface area (Å²) in [7, 11) is 1.59. The molecule has 1 N–H and O–H groups in total. The third-order valence-electron chi connectivity index (χ3n) is 3.58. The molecular weight excluding hydrogens is 241 g/mol.